The lowest BCUT2D eigenvalue weighted by Gasteiger charge is -2.37. The van der Waals surface area contributed by atoms with Crippen LogP contribution in [0.1, 0.15) is 47.3 Å². The molecule has 2 heterocycles. The summed E-state index contributed by atoms with van der Waals surface area (Å²) in [6, 6.07) is 6.68. The van der Waals surface area contributed by atoms with Crippen molar-refractivity contribution in [1.82, 2.24) is 15.1 Å². The van der Waals surface area contributed by atoms with Gasteiger partial charge in [-0.15, -0.1) is 0 Å². The fraction of sp³-hybridized carbons (Fsp3) is 0.591. The van der Waals surface area contributed by atoms with Crippen molar-refractivity contribution in [3.63, 3.8) is 0 Å². The Labute approximate surface area is 157 Å². The predicted molar refractivity (Wildman–Crippen MR) is 108 cm³/mol. The second-order valence-corrected chi connectivity index (χ2v) is 7.99. The van der Waals surface area contributed by atoms with E-state index in [-0.39, 0.29) is 0 Å². The van der Waals surface area contributed by atoms with E-state index < -0.39 is 0 Å². The van der Waals surface area contributed by atoms with E-state index in [1.54, 1.807) is 0 Å². The molecule has 0 atom stereocenters. The lowest BCUT2D eigenvalue weighted by atomic mass is 9.94. The first-order valence-corrected chi connectivity index (χ1v) is 10.3. The molecule has 1 saturated heterocycles. The normalized spacial score (nSPS) is 18.2. The predicted octanol–water partition coefficient (Wildman–Crippen LogP) is 3.66. The van der Waals surface area contributed by atoms with E-state index >= 15 is 0 Å². The minimum absolute atomic E-state index is 1.13. The van der Waals surface area contributed by atoms with E-state index in [0.29, 0.717) is 0 Å². The number of nitrogens with one attached hydrogen (secondary N) is 1. The number of hydrogen-bond donors (Lipinski definition) is 1. The Morgan fingerprint density at radius 1 is 1.04 bits per heavy atom. The highest BCUT2D eigenvalue weighted by Crippen LogP contribution is 2.25. The lowest BCUT2D eigenvalue weighted by Crippen LogP contribution is -2.47. The molecule has 1 aromatic heterocycles. The van der Waals surface area contributed by atoms with Gasteiger partial charge in [0.05, 0.1) is 5.69 Å². The van der Waals surface area contributed by atoms with E-state index in [2.05, 4.69) is 52.0 Å². The Morgan fingerprint density at radius 3 is 2.69 bits per heavy atom. The zero-order valence-corrected chi connectivity index (χ0v) is 16.4. The maximum absolute atomic E-state index is 4.60. The summed E-state index contributed by atoms with van der Waals surface area (Å²) in [6.07, 6.45) is 7.43. The van der Waals surface area contributed by atoms with Crippen LogP contribution in [0.4, 0.5) is 5.69 Å². The summed E-state index contributed by atoms with van der Waals surface area (Å²) in [5.41, 5.74) is 8.54. The first-order chi connectivity index (χ1) is 12.7. The van der Waals surface area contributed by atoms with Crippen molar-refractivity contribution < 1.29 is 0 Å². The number of aromatic nitrogens is 2. The molecule has 0 radical (unpaired) electrons. The Bertz CT molecular complexity index is 741. The van der Waals surface area contributed by atoms with E-state index in [1.165, 1.54) is 85.5 Å². The average molecular weight is 353 g/mol. The Morgan fingerprint density at radius 2 is 1.85 bits per heavy atom. The van der Waals surface area contributed by atoms with Gasteiger partial charge in [-0.3, -0.25) is 10.00 Å². The topological polar surface area (TPSA) is 35.2 Å². The molecular formula is C22H32N4. The summed E-state index contributed by atoms with van der Waals surface area (Å²) in [6.45, 7) is 10.3. The first-order valence-electron chi connectivity index (χ1n) is 10.3. The number of nitrogens with zero attached hydrogens (tertiary/aromatic N) is 3. The van der Waals surface area contributed by atoms with Gasteiger partial charge in [0.15, 0.2) is 0 Å². The van der Waals surface area contributed by atoms with Gasteiger partial charge < -0.3 is 4.90 Å². The summed E-state index contributed by atoms with van der Waals surface area (Å²) in [5, 5.41) is 7.88. The summed E-state index contributed by atoms with van der Waals surface area (Å²) in [7, 11) is 0. The SMILES string of the molecule is Cc1cccc(N2CCN(CCCc3n[nH]c4c3CCCC4)CC2)c1C. The van der Waals surface area contributed by atoms with Gasteiger partial charge in [-0.25, -0.2) is 0 Å². The zero-order valence-electron chi connectivity index (χ0n) is 16.4. The summed E-state index contributed by atoms with van der Waals surface area (Å²) in [5.74, 6) is 0. The maximum atomic E-state index is 4.60. The Balaban J connectivity index is 1.25. The molecule has 2 aliphatic rings. The van der Waals surface area contributed by atoms with Crippen LogP contribution in [0.15, 0.2) is 18.2 Å². The third-order valence-corrected chi connectivity index (χ3v) is 6.32. The van der Waals surface area contributed by atoms with Crippen LogP contribution in [0, 0.1) is 13.8 Å². The molecule has 1 N–H and O–H groups in total. The number of anilines is 1. The molecule has 2 aromatic rings. The Hall–Kier alpha value is -1.81. The van der Waals surface area contributed by atoms with Crippen molar-refractivity contribution in [2.45, 2.75) is 52.4 Å². The molecule has 0 saturated carbocycles. The quantitative estimate of drug-likeness (QED) is 0.892. The van der Waals surface area contributed by atoms with E-state index in [1.807, 2.05) is 0 Å². The van der Waals surface area contributed by atoms with Crippen molar-refractivity contribution in [2.24, 2.45) is 0 Å². The van der Waals surface area contributed by atoms with E-state index in [0.717, 1.165) is 19.5 Å². The number of aromatic amines is 1. The standard InChI is InChI=1S/C22H32N4/c1-17-7-5-11-22(18(17)2)26-15-13-25(14-16-26)12-6-10-21-19-8-3-4-9-20(19)23-24-21/h5,7,11H,3-4,6,8-10,12-16H2,1-2H3,(H,23,24). The largest absolute Gasteiger partial charge is 0.369 e. The summed E-state index contributed by atoms with van der Waals surface area (Å²) in [4.78, 5) is 5.18. The third kappa shape index (κ3) is 3.66. The minimum atomic E-state index is 1.13. The highest BCUT2D eigenvalue weighted by atomic mass is 15.3. The molecule has 4 rings (SSSR count). The van der Waals surface area contributed by atoms with Gasteiger partial charge in [-0.05, 0) is 81.7 Å². The molecule has 0 unspecified atom stereocenters. The number of hydrogen-bond acceptors (Lipinski definition) is 3. The molecule has 0 bridgehead atoms. The molecule has 140 valence electrons. The molecule has 4 nitrogen and oxygen atoms in total. The van der Waals surface area contributed by atoms with Gasteiger partial charge in [0.25, 0.3) is 0 Å². The average Bonchev–Trinajstić information content (AvgIpc) is 3.08. The van der Waals surface area contributed by atoms with Gasteiger partial charge in [0, 0.05) is 37.6 Å². The number of benzene rings is 1. The molecule has 26 heavy (non-hydrogen) atoms. The number of fused-ring (bicyclic) bond motifs is 1. The van der Waals surface area contributed by atoms with Crippen LogP contribution < -0.4 is 4.90 Å². The molecule has 0 amide bonds. The lowest BCUT2D eigenvalue weighted by molar-refractivity contribution is 0.254. The smallest absolute Gasteiger partial charge is 0.0657 e. The van der Waals surface area contributed by atoms with Crippen LogP contribution in [0.5, 0.6) is 0 Å². The molecular weight excluding hydrogens is 320 g/mol. The van der Waals surface area contributed by atoms with Crippen LogP contribution in [-0.4, -0.2) is 47.8 Å². The van der Waals surface area contributed by atoms with Crippen molar-refractivity contribution in [3.05, 3.63) is 46.3 Å². The van der Waals surface area contributed by atoms with Crippen LogP contribution in [0.25, 0.3) is 0 Å². The van der Waals surface area contributed by atoms with Crippen LogP contribution in [0.2, 0.25) is 0 Å². The number of aryl methyl sites for hydroxylation is 3. The highest BCUT2D eigenvalue weighted by Gasteiger charge is 2.20. The van der Waals surface area contributed by atoms with Gasteiger partial charge in [-0.2, -0.15) is 5.10 Å². The second-order valence-electron chi connectivity index (χ2n) is 7.99. The van der Waals surface area contributed by atoms with E-state index in [9.17, 15) is 0 Å². The van der Waals surface area contributed by atoms with Crippen LogP contribution in [0.3, 0.4) is 0 Å². The molecule has 1 aromatic carbocycles. The molecule has 1 fully saturated rings. The molecule has 0 spiro atoms. The molecule has 1 aliphatic carbocycles. The highest BCUT2D eigenvalue weighted by molar-refractivity contribution is 5.56. The van der Waals surface area contributed by atoms with Crippen molar-refractivity contribution in [3.8, 4) is 0 Å². The number of piperazine rings is 1. The molecule has 4 heteroatoms. The van der Waals surface area contributed by atoms with Gasteiger partial charge in [0.2, 0.25) is 0 Å². The molecule has 1 aliphatic heterocycles. The van der Waals surface area contributed by atoms with Crippen LogP contribution >= 0.6 is 0 Å². The Kier molecular flexibility index (Phi) is 5.30. The first kappa shape index (κ1) is 17.6. The monoisotopic (exact) mass is 352 g/mol. The summed E-state index contributed by atoms with van der Waals surface area (Å²) >= 11 is 0. The zero-order chi connectivity index (χ0) is 17.9. The fourth-order valence-corrected chi connectivity index (χ4v) is 4.52. The van der Waals surface area contributed by atoms with Crippen molar-refractivity contribution in [1.29, 1.82) is 0 Å². The third-order valence-electron chi connectivity index (χ3n) is 6.32. The van der Waals surface area contributed by atoms with Crippen molar-refractivity contribution >= 4 is 5.69 Å². The van der Waals surface area contributed by atoms with Crippen LogP contribution in [-0.2, 0) is 19.3 Å². The van der Waals surface area contributed by atoms with Crippen molar-refractivity contribution in [2.75, 3.05) is 37.6 Å². The van der Waals surface area contributed by atoms with Gasteiger partial charge in [0.1, 0.15) is 0 Å². The number of rotatable bonds is 5. The van der Waals surface area contributed by atoms with Gasteiger partial charge in [-0.1, -0.05) is 12.1 Å². The fourth-order valence-electron chi connectivity index (χ4n) is 4.52. The van der Waals surface area contributed by atoms with Gasteiger partial charge >= 0.3 is 0 Å². The maximum Gasteiger partial charge on any atom is 0.0657 e. The number of H-pyrrole nitrogens is 1. The second kappa shape index (κ2) is 7.83. The summed E-state index contributed by atoms with van der Waals surface area (Å²) < 4.78 is 0. The van der Waals surface area contributed by atoms with E-state index in [4.69, 9.17) is 0 Å². The minimum Gasteiger partial charge on any atom is -0.369 e.